The molecule has 0 aliphatic carbocycles. The van der Waals surface area contributed by atoms with E-state index in [1.807, 2.05) is 0 Å². The summed E-state index contributed by atoms with van der Waals surface area (Å²) in [5.41, 5.74) is 0.106. The van der Waals surface area contributed by atoms with Crippen molar-refractivity contribution in [1.82, 2.24) is 9.78 Å². The van der Waals surface area contributed by atoms with Crippen LogP contribution < -0.4 is 4.74 Å². The van der Waals surface area contributed by atoms with E-state index in [4.69, 9.17) is 9.84 Å². The smallest absolute Gasteiger partial charge is 0.343 e. The van der Waals surface area contributed by atoms with Gasteiger partial charge in [-0.2, -0.15) is 5.10 Å². The van der Waals surface area contributed by atoms with Crippen LogP contribution in [0.15, 0.2) is 18.2 Å². The van der Waals surface area contributed by atoms with Crippen LogP contribution >= 0.6 is 0 Å². The zero-order chi connectivity index (χ0) is 14.2. The highest BCUT2D eigenvalue weighted by Gasteiger charge is 2.22. The molecule has 0 aliphatic heterocycles. The number of benzene rings is 1. The van der Waals surface area contributed by atoms with E-state index < -0.39 is 17.6 Å². The van der Waals surface area contributed by atoms with Crippen LogP contribution in [-0.4, -0.2) is 20.9 Å². The van der Waals surface area contributed by atoms with Crippen molar-refractivity contribution in [2.45, 2.75) is 6.92 Å². The molecule has 5 nitrogen and oxygen atoms in total. The first-order valence-corrected chi connectivity index (χ1v) is 5.29. The maximum absolute atomic E-state index is 13.0. The monoisotopic (exact) mass is 268 g/mol. The fourth-order valence-corrected chi connectivity index (χ4v) is 1.70. The van der Waals surface area contributed by atoms with Crippen molar-refractivity contribution in [1.29, 1.82) is 0 Å². The quantitative estimate of drug-likeness (QED) is 0.928. The summed E-state index contributed by atoms with van der Waals surface area (Å²) in [5, 5.41) is 13.0. The van der Waals surface area contributed by atoms with Gasteiger partial charge in [0.05, 0.1) is 5.69 Å². The molecule has 0 spiro atoms. The molecule has 0 atom stereocenters. The number of carbonyl (C=O) groups is 1. The molecule has 2 aromatic rings. The lowest BCUT2D eigenvalue weighted by Crippen LogP contribution is -2.02. The minimum Gasteiger partial charge on any atom is -0.477 e. The van der Waals surface area contributed by atoms with Gasteiger partial charge in [0.15, 0.2) is 0 Å². The predicted octanol–water partition coefficient (Wildman–Crippen LogP) is 2.50. The maximum Gasteiger partial charge on any atom is 0.343 e. The second kappa shape index (κ2) is 4.68. The SMILES string of the molecule is Cc1nn(C)c(Oc2cc(F)cc(F)c2)c1C(=O)O. The summed E-state index contributed by atoms with van der Waals surface area (Å²) in [6.45, 7) is 1.50. The Hall–Kier alpha value is -2.44. The summed E-state index contributed by atoms with van der Waals surface area (Å²) in [6, 6.07) is 2.60. The van der Waals surface area contributed by atoms with Gasteiger partial charge in [-0.25, -0.2) is 18.3 Å². The summed E-state index contributed by atoms with van der Waals surface area (Å²) in [7, 11) is 1.48. The number of aromatic nitrogens is 2. The molecule has 0 radical (unpaired) electrons. The fourth-order valence-electron chi connectivity index (χ4n) is 1.70. The molecule has 0 saturated carbocycles. The fraction of sp³-hybridized carbons (Fsp3) is 0.167. The van der Waals surface area contributed by atoms with Crippen LogP contribution in [0.5, 0.6) is 11.6 Å². The van der Waals surface area contributed by atoms with E-state index in [2.05, 4.69) is 5.10 Å². The van der Waals surface area contributed by atoms with Crippen LogP contribution in [0.4, 0.5) is 8.78 Å². The van der Waals surface area contributed by atoms with Crippen LogP contribution in [0, 0.1) is 18.6 Å². The van der Waals surface area contributed by atoms with E-state index in [1.54, 1.807) is 0 Å². The van der Waals surface area contributed by atoms with Crippen LogP contribution in [-0.2, 0) is 7.05 Å². The zero-order valence-electron chi connectivity index (χ0n) is 10.1. The highest BCUT2D eigenvalue weighted by molar-refractivity contribution is 5.91. The number of hydrogen-bond donors (Lipinski definition) is 1. The van der Waals surface area contributed by atoms with Crippen molar-refractivity contribution in [2.24, 2.45) is 7.05 Å². The Morgan fingerprint density at radius 1 is 1.32 bits per heavy atom. The number of carboxylic acids is 1. The Balaban J connectivity index is 2.46. The molecular weight excluding hydrogens is 258 g/mol. The molecule has 0 unspecified atom stereocenters. The van der Waals surface area contributed by atoms with Gasteiger partial charge in [0.25, 0.3) is 0 Å². The summed E-state index contributed by atoms with van der Waals surface area (Å²) >= 11 is 0. The van der Waals surface area contributed by atoms with Crippen molar-refractivity contribution in [3.8, 4) is 11.6 Å². The molecule has 1 aromatic carbocycles. The Morgan fingerprint density at radius 2 is 1.89 bits per heavy atom. The van der Waals surface area contributed by atoms with E-state index in [9.17, 15) is 13.6 Å². The first-order valence-electron chi connectivity index (χ1n) is 5.29. The van der Waals surface area contributed by atoms with Crippen molar-refractivity contribution < 1.29 is 23.4 Å². The van der Waals surface area contributed by atoms with Crippen molar-refractivity contribution in [3.05, 3.63) is 41.1 Å². The molecule has 0 fully saturated rings. The van der Waals surface area contributed by atoms with Gasteiger partial charge in [-0.3, -0.25) is 0 Å². The van der Waals surface area contributed by atoms with Gasteiger partial charge in [-0.15, -0.1) is 0 Å². The average Bonchev–Trinajstić information content (AvgIpc) is 2.52. The lowest BCUT2D eigenvalue weighted by Gasteiger charge is -2.07. The van der Waals surface area contributed by atoms with Gasteiger partial charge >= 0.3 is 5.97 Å². The van der Waals surface area contributed by atoms with Crippen LogP contribution in [0.1, 0.15) is 16.1 Å². The molecule has 0 bridgehead atoms. The summed E-state index contributed by atoms with van der Waals surface area (Å²) in [4.78, 5) is 11.1. The topological polar surface area (TPSA) is 64.4 Å². The number of hydrogen-bond acceptors (Lipinski definition) is 3. The highest BCUT2D eigenvalue weighted by atomic mass is 19.1. The van der Waals surface area contributed by atoms with Gasteiger partial charge in [0.2, 0.25) is 5.88 Å². The van der Waals surface area contributed by atoms with Crippen molar-refractivity contribution in [3.63, 3.8) is 0 Å². The van der Waals surface area contributed by atoms with Crippen LogP contribution in [0.3, 0.4) is 0 Å². The third kappa shape index (κ3) is 2.54. The van der Waals surface area contributed by atoms with E-state index >= 15 is 0 Å². The maximum atomic E-state index is 13.0. The molecule has 100 valence electrons. The van der Waals surface area contributed by atoms with E-state index in [0.29, 0.717) is 6.07 Å². The first-order chi connectivity index (χ1) is 8.88. The third-order valence-electron chi connectivity index (χ3n) is 2.43. The number of aryl methyl sites for hydroxylation is 2. The molecular formula is C12H10F2N2O3. The van der Waals surface area contributed by atoms with Gasteiger partial charge in [-0.05, 0) is 6.92 Å². The lowest BCUT2D eigenvalue weighted by molar-refractivity contribution is 0.0693. The molecule has 0 saturated heterocycles. The number of ether oxygens (including phenoxy) is 1. The normalized spacial score (nSPS) is 10.5. The highest BCUT2D eigenvalue weighted by Crippen LogP contribution is 2.28. The molecule has 1 N–H and O–H groups in total. The van der Waals surface area contributed by atoms with Gasteiger partial charge in [0.1, 0.15) is 22.9 Å². The second-order valence-corrected chi connectivity index (χ2v) is 3.90. The number of nitrogens with zero attached hydrogens (tertiary/aromatic N) is 2. The molecule has 19 heavy (non-hydrogen) atoms. The van der Waals surface area contributed by atoms with E-state index in [-0.39, 0.29) is 22.9 Å². The molecule has 7 heteroatoms. The zero-order valence-corrected chi connectivity index (χ0v) is 10.1. The van der Waals surface area contributed by atoms with Crippen molar-refractivity contribution >= 4 is 5.97 Å². The first kappa shape index (κ1) is 13.0. The van der Waals surface area contributed by atoms with Crippen LogP contribution in [0.25, 0.3) is 0 Å². The van der Waals surface area contributed by atoms with Gasteiger partial charge in [0, 0.05) is 25.2 Å². The molecule has 0 aliphatic rings. The molecule has 1 aromatic heterocycles. The average molecular weight is 268 g/mol. The standard InChI is InChI=1S/C12H10F2N2O3/c1-6-10(12(17)18)11(16(2)15-6)19-9-4-7(13)3-8(14)5-9/h3-5H,1-2H3,(H,17,18). The molecule has 2 rings (SSSR count). The van der Waals surface area contributed by atoms with E-state index in [0.717, 1.165) is 12.1 Å². The third-order valence-corrected chi connectivity index (χ3v) is 2.43. The Morgan fingerprint density at radius 3 is 2.42 bits per heavy atom. The summed E-state index contributed by atoms with van der Waals surface area (Å²) in [5.74, 6) is -3.08. The van der Waals surface area contributed by atoms with Gasteiger partial charge in [-0.1, -0.05) is 0 Å². The summed E-state index contributed by atoms with van der Waals surface area (Å²) in [6.07, 6.45) is 0. The Kier molecular flexibility index (Phi) is 3.20. The second-order valence-electron chi connectivity index (χ2n) is 3.90. The van der Waals surface area contributed by atoms with Gasteiger partial charge < -0.3 is 9.84 Å². The minimum atomic E-state index is -1.22. The number of halogens is 2. The van der Waals surface area contributed by atoms with E-state index in [1.165, 1.54) is 18.7 Å². The minimum absolute atomic E-state index is 0.0880. The lowest BCUT2D eigenvalue weighted by atomic mass is 10.2. The molecule has 0 amide bonds. The number of carboxylic acid groups (broad SMARTS) is 1. The predicted molar refractivity (Wildman–Crippen MR) is 61.3 cm³/mol. The van der Waals surface area contributed by atoms with Crippen LogP contribution in [0.2, 0.25) is 0 Å². The Labute approximate surface area is 107 Å². The summed E-state index contributed by atoms with van der Waals surface area (Å²) < 4.78 is 32.5. The Bertz CT molecular complexity index is 632. The number of rotatable bonds is 3. The number of aromatic carboxylic acids is 1. The molecule has 1 heterocycles. The largest absolute Gasteiger partial charge is 0.477 e. The van der Waals surface area contributed by atoms with Crippen molar-refractivity contribution in [2.75, 3.05) is 0 Å².